The first-order chi connectivity index (χ1) is 38.7. The molecule has 3 saturated heterocycles. The Bertz CT molecular complexity index is 2150. The highest BCUT2D eigenvalue weighted by Crippen LogP contribution is 2.39. The molecule has 26 heteroatoms. The number of likely N-dealkylation sites (N-methyl/N-ethyl adjacent to an activating group) is 1. The lowest BCUT2D eigenvalue weighted by molar-refractivity contribution is -0.342. The van der Waals surface area contributed by atoms with Crippen LogP contribution in [0, 0.1) is 29.6 Å². The van der Waals surface area contributed by atoms with Crippen LogP contribution in [0.5, 0.6) is 0 Å². The second-order valence-electron chi connectivity index (χ2n) is 23.0. The van der Waals surface area contributed by atoms with Crippen LogP contribution in [0.3, 0.4) is 0 Å². The Morgan fingerprint density at radius 2 is 1.43 bits per heavy atom. The number of aliphatic carboxylic acids is 2. The summed E-state index contributed by atoms with van der Waals surface area (Å²) < 4.78 is 67.2. The van der Waals surface area contributed by atoms with Gasteiger partial charge in [0.2, 0.25) is 0 Å². The Hall–Kier alpha value is -4.39. The number of ketones is 1. The number of ether oxygens (including phenoxy) is 11. The zero-order valence-electron chi connectivity index (χ0n) is 50.5. The van der Waals surface area contributed by atoms with E-state index in [0.717, 1.165) is 0 Å². The van der Waals surface area contributed by atoms with Crippen molar-refractivity contribution in [3.63, 3.8) is 0 Å². The molecule has 23 atom stereocenters. The molecular weight excluding hydrogens is 1100 g/mol. The molecule has 4 heterocycles. The third-order valence-electron chi connectivity index (χ3n) is 15.3. The van der Waals surface area contributed by atoms with Gasteiger partial charge in [-0.05, 0) is 79.5 Å². The summed E-state index contributed by atoms with van der Waals surface area (Å²) in [6, 6.07) is -0.809. The molecule has 23 unspecified atom stereocenters. The number of esters is 3. The van der Waals surface area contributed by atoms with Crippen molar-refractivity contribution < 1.29 is 121 Å². The third-order valence-corrected chi connectivity index (χ3v) is 15.3. The van der Waals surface area contributed by atoms with Gasteiger partial charge in [0.1, 0.15) is 54.6 Å². The molecule has 4 aliphatic rings. The van der Waals surface area contributed by atoms with Crippen LogP contribution in [0.15, 0.2) is 23.8 Å². The number of hydrogen-bond donors (Lipinski definition) is 7. The van der Waals surface area contributed by atoms with Crippen molar-refractivity contribution in [3.8, 4) is 0 Å². The SMILES string of the molecule is CCC1OC(=O)CC(OC(C)=O)C(C)C(OC2OC(C)C(OC3CC(C)(O)C(OC(=O)CC(C)C)C(C)O3)C(N(C)C)C2O)C(CC=O)CC(C)C(=O)/C=C/C(C)=C/C1COC1OC(C)C(O)C(OC)C1OC.O=C(O)C(O)C(O)C(=O)O. The number of carbonyl (C=O) groups is 7. The highest BCUT2D eigenvalue weighted by molar-refractivity contribution is 5.91. The second-order valence-corrected chi connectivity index (χ2v) is 23.0. The fourth-order valence-electron chi connectivity index (χ4n) is 10.9. The van der Waals surface area contributed by atoms with Crippen molar-refractivity contribution in [2.45, 2.75) is 231 Å². The van der Waals surface area contributed by atoms with Crippen molar-refractivity contribution in [3.05, 3.63) is 23.8 Å². The number of rotatable bonds is 20. The first-order valence-corrected chi connectivity index (χ1v) is 28.1. The van der Waals surface area contributed by atoms with Gasteiger partial charge < -0.3 is 97.5 Å². The molecule has 0 aliphatic carbocycles. The Kier molecular flexibility index (Phi) is 29.4. The topological polar surface area (TPSA) is 366 Å². The number of methoxy groups -OCH3 is 2. The summed E-state index contributed by atoms with van der Waals surface area (Å²) in [6.45, 7) is 18.7. The number of carbonyl (C=O) groups excluding carboxylic acids is 5. The van der Waals surface area contributed by atoms with Gasteiger partial charge in [-0.1, -0.05) is 52.3 Å². The van der Waals surface area contributed by atoms with Crippen molar-refractivity contribution >= 4 is 41.9 Å². The number of aldehydes is 1. The van der Waals surface area contributed by atoms with Gasteiger partial charge in [-0.2, -0.15) is 0 Å². The van der Waals surface area contributed by atoms with E-state index in [4.69, 9.17) is 72.5 Å². The number of carboxylic acids is 2. The molecule has 0 amide bonds. The summed E-state index contributed by atoms with van der Waals surface area (Å²) in [7, 11) is 6.41. The average Bonchev–Trinajstić information content (AvgIpc) is 3.61. The number of aliphatic hydroxyl groups excluding tert-OH is 4. The quantitative estimate of drug-likeness (QED) is 0.0520. The summed E-state index contributed by atoms with van der Waals surface area (Å²) in [5.74, 6) is -8.41. The molecule has 4 aliphatic heterocycles. The summed E-state index contributed by atoms with van der Waals surface area (Å²) >= 11 is 0. The van der Waals surface area contributed by atoms with Gasteiger partial charge in [0.05, 0.1) is 43.5 Å². The maximum Gasteiger partial charge on any atom is 0.335 e. The number of nitrogens with zero attached hydrogens (tertiary/aromatic N) is 1. The van der Waals surface area contributed by atoms with Gasteiger partial charge in [0.25, 0.3) is 0 Å². The van der Waals surface area contributed by atoms with Crippen LogP contribution in [0.4, 0.5) is 0 Å². The van der Waals surface area contributed by atoms with Crippen LogP contribution >= 0.6 is 0 Å². The minimum atomic E-state index is -2.27. The van der Waals surface area contributed by atoms with E-state index in [2.05, 4.69) is 0 Å². The van der Waals surface area contributed by atoms with E-state index in [1.807, 2.05) is 26.8 Å². The van der Waals surface area contributed by atoms with Gasteiger partial charge in [-0.15, -0.1) is 0 Å². The van der Waals surface area contributed by atoms with Crippen LogP contribution in [-0.4, -0.2) is 233 Å². The fourth-order valence-corrected chi connectivity index (χ4v) is 10.9. The summed E-state index contributed by atoms with van der Waals surface area (Å²) in [5, 5.41) is 67.1. The van der Waals surface area contributed by atoms with Crippen LogP contribution in [-0.2, 0) is 85.7 Å². The normalized spacial score (nSPS) is 38.5. The molecule has 26 nitrogen and oxygen atoms in total. The lowest BCUT2D eigenvalue weighted by Crippen LogP contribution is -2.65. The van der Waals surface area contributed by atoms with E-state index in [1.165, 1.54) is 27.2 Å². The largest absolute Gasteiger partial charge is 0.479 e. The molecule has 4 rings (SSSR count). The molecule has 0 bridgehead atoms. The highest BCUT2D eigenvalue weighted by Gasteiger charge is 2.53. The summed E-state index contributed by atoms with van der Waals surface area (Å²) in [5.41, 5.74) is -0.865. The zero-order chi connectivity index (χ0) is 63.0. The van der Waals surface area contributed by atoms with Crippen molar-refractivity contribution in [1.82, 2.24) is 4.90 Å². The minimum absolute atomic E-state index is 0.0378. The number of hydrogen-bond acceptors (Lipinski definition) is 24. The maximum absolute atomic E-state index is 14.2. The van der Waals surface area contributed by atoms with E-state index in [0.29, 0.717) is 18.3 Å². The number of aliphatic hydroxyl groups is 5. The van der Waals surface area contributed by atoms with Gasteiger partial charge in [-0.25, -0.2) is 9.59 Å². The molecule has 0 radical (unpaired) electrons. The Morgan fingerprint density at radius 1 is 0.831 bits per heavy atom. The average molecular weight is 1190 g/mol. The number of allylic oxidation sites excluding steroid dienone is 3. The maximum atomic E-state index is 14.2. The first kappa shape index (κ1) is 72.9. The second kappa shape index (κ2) is 33.5. The van der Waals surface area contributed by atoms with Crippen LogP contribution in [0.25, 0.3) is 0 Å². The van der Waals surface area contributed by atoms with Crippen molar-refractivity contribution in [1.29, 1.82) is 0 Å². The molecular formula is C57H93NO25. The smallest absolute Gasteiger partial charge is 0.335 e. The lowest BCUT2D eigenvalue weighted by atomic mass is 9.79. The standard InChI is InChI=1S/C53H87NO19.C4H6O6/c1-16-38-36(26-65-52-49(64-15)48(63-14)44(60)31(7)67-52)22-28(4)17-18-37(57)29(5)23-35(19-20-55)46(30(6)39(69-34(10)56)24-41(59)70-38)73-51-45(61)43(54(12)13)47(32(8)68-51)72-42-25-53(11,62)50(33(9)66-42)71-40(58)21-27(2)3;5-1(3(7)8)2(6)4(9)10/h17-18,20,22,27,29-33,35-36,38-39,42-52,60-62H,16,19,21,23-26H2,1-15H3;1-2,5-6H,(H,7,8)(H,9,10)/b18-17+,28-22+;. The Morgan fingerprint density at radius 3 is 1.95 bits per heavy atom. The van der Waals surface area contributed by atoms with Crippen LogP contribution < -0.4 is 0 Å². The van der Waals surface area contributed by atoms with Crippen LogP contribution in [0.2, 0.25) is 0 Å². The fraction of sp³-hybridized carbons (Fsp3) is 0.807. The van der Waals surface area contributed by atoms with Gasteiger partial charge in [-0.3, -0.25) is 19.2 Å². The van der Waals surface area contributed by atoms with Crippen molar-refractivity contribution in [2.24, 2.45) is 29.6 Å². The van der Waals surface area contributed by atoms with E-state index in [9.17, 15) is 48.9 Å². The molecule has 0 aromatic carbocycles. The van der Waals surface area contributed by atoms with Crippen molar-refractivity contribution in [2.75, 3.05) is 34.9 Å². The molecule has 83 heavy (non-hydrogen) atoms. The summed E-state index contributed by atoms with van der Waals surface area (Å²) in [6.07, 6.45) is -13.2. The molecule has 0 spiro atoms. The van der Waals surface area contributed by atoms with E-state index in [1.54, 1.807) is 73.5 Å². The highest BCUT2D eigenvalue weighted by atomic mass is 16.7. The number of cyclic esters (lactones) is 1. The van der Waals surface area contributed by atoms with Gasteiger partial charge >= 0.3 is 29.8 Å². The van der Waals surface area contributed by atoms with Crippen LogP contribution in [0.1, 0.15) is 115 Å². The molecule has 0 aromatic heterocycles. The molecule has 476 valence electrons. The molecule has 3 fully saturated rings. The lowest BCUT2D eigenvalue weighted by Gasteiger charge is -2.50. The Labute approximate surface area is 485 Å². The molecule has 7 N–H and O–H groups in total. The molecule has 0 aromatic rings. The predicted octanol–water partition coefficient (Wildman–Crippen LogP) is 1.88. The zero-order valence-corrected chi connectivity index (χ0v) is 50.5. The monoisotopic (exact) mass is 1190 g/mol. The van der Waals surface area contributed by atoms with E-state index >= 15 is 0 Å². The van der Waals surface area contributed by atoms with E-state index in [-0.39, 0.29) is 44.0 Å². The van der Waals surface area contributed by atoms with Gasteiger partial charge in [0, 0.05) is 58.2 Å². The predicted molar refractivity (Wildman–Crippen MR) is 290 cm³/mol. The first-order valence-electron chi connectivity index (χ1n) is 28.1. The molecule has 0 saturated carbocycles. The van der Waals surface area contributed by atoms with E-state index < -0.39 is 176 Å². The third kappa shape index (κ3) is 20.9. The minimum Gasteiger partial charge on any atom is -0.479 e. The summed E-state index contributed by atoms with van der Waals surface area (Å²) in [4.78, 5) is 87.4. The number of carboxylic acid groups (broad SMARTS) is 2. The van der Waals surface area contributed by atoms with Gasteiger partial charge in [0.15, 0.2) is 43.0 Å². The Balaban J connectivity index is 0.00000164.